The number of sulfonamides is 1. The number of Topliss-reactive ketones (excluding diaryl/α,β-unsaturated/α-hetero) is 1. The van der Waals surface area contributed by atoms with E-state index in [1.165, 1.54) is 22.8 Å². The number of nitrogens with one attached hydrogen (secondary N) is 1. The second kappa shape index (κ2) is 7.84. The molecule has 0 amide bonds. The fraction of sp³-hybridized carbons (Fsp3) is 0.278. The highest BCUT2D eigenvalue weighted by molar-refractivity contribution is 7.92. The first-order chi connectivity index (χ1) is 13.2. The molecule has 0 aliphatic carbocycles. The molecule has 3 aromatic rings. The van der Waals surface area contributed by atoms with Crippen molar-refractivity contribution >= 4 is 38.7 Å². The molecule has 3 rings (SSSR count). The van der Waals surface area contributed by atoms with E-state index < -0.39 is 21.6 Å². The van der Waals surface area contributed by atoms with E-state index in [2.05, 4.69) is 14.8 Å². The Balaban J connectivity index is 1.90. The Kier molecular flexibility index (Phi) is 5.66. The van der Waals surface area contributed by atoms with Crippen LogP contribution >= 0.6 is 11.6 Å². The van der Waals surface area contributed by atoms with Gasteiger partial charge in [-0.1, -0.05) is 18.5 Å². The number of rotatable bonds is 7. The van der Waals surface area contributed by atoms with Crippen molar-refractivity contribution in [3.8, 4) is 0 Å². The van der Waals surface area contributed by atoms with Crippen LogP contribution in [0.5, 0.6) is 0 Å². The molecule has 0 spiro atoms. The molecule has 0 aliphatic rings. The monoisotopic (exact) mass is 424 g/mol. The first-order valence-corrected chi connectivity index (χ1v) is 10.6. The van der Waals surface area contributed by atoms with Gasteiger partial charge >= 0.3 is 0 Å². The number of aromatic nitrogens is 3. The molecule has 0 radical (unpaired) electrons. The third-order valence-corrected chi connectivity index (χ3v) is 5.75. The van der Waals surface area contributed by atoms with Crippen LogP contribution in [0.15, 0.2) is 30.6 Å². The first kappa shape index (κ1) is 20.2. The number of carbonyl (C=O) groups is 1. The minimum Gasteiger partial charge on any atom is -0.294 e. The third kappa shape index (κ3) is 4.31. The van der Waals surface area contributed by atoms with Crippen molar-refractivity contribution in [2.45, 2.75) is 26.7 Å². The van der Waals surface area contributed by atoms with E-state index in [9.17, 15) is 17.6 Å². The minimum atomic E-state index is -3.71. The van der Waals surface area contributed by atoms with Gasteiger partial charge in [0.1, 0.15) is 0 Å². The van der Waals surface area contributed by atoms with Crippen molar-refractivity contribution in [2.24, 2.45) is 0 Å². The van der Waals surface area contributed by atoms with Crippen LogP contribution in [0.25, 0.3) is 5.65 Å². The van der Waals surface area contributed by atoms with E-state index in [4.69, 9.17) is 11.6 Å². The zero-order valence-electron chi connectivity index (χ0n) is 15.2. The molecule has 10 heteroatoms. The first-order valence-electron chi connectivity index (χ1n) is 8.53. The maximum Gasteiger partial charge on any atom is 0.232 e. The highest BCUT2D eigenvalue weighted by Gasteiger charge is 2.22. The number of benzene rings is 1. The molecule has 0 fully saturated rings. The SMILES string of the molecule is CCCS(=O)(=O)Nc1ccc(Cl)c(C(=O)Cc2cnc3cc(C)nn3c2)c1F. The summed E-state index contributed by atoms with van der Waals surface area (Å²) in [6, 6.07) is 4.27. The number of carbonyl (C=O) groups excluding carboxylic acids is 1. The normalized spacial score (nSPS) is 11.7. The van der Waals surface area contributed by atoms with Gasteiger partial charge in [0.15, 0.2) is 17.2 Å². The zero-order valence-corrected chi connectivity index (χ0v) is 16.8. The summed E-state index contributed by atoms with van der Waals surface area (Å²) < 4.78 is 42.4. The van der Waals surface area contributed by atoms with E-state index >= 15 is 0 Å². The molecule has 1 aromatic carbocycles. The van der Waals surface area contributed by atoms with Crippen molar-refractivity contribution in [1.82, 2.24) is 14.6 Å². The number of fused-ring (bicyclic) bond motifs is 1. The Morgan fingerprint density at radius 1 is 1.36 bits per heavy atom. The predicted octanol–water partition coefficient (Wildman–Crippen LogP) is 3.41. The summed E-state index contributed by atoms with van der Waals surface area (Å²) >= 11 is 6.02. The summed E-state index contributed by atoms with van der Waals surface area (Å²) in [6.07, 6.45) is 3.35. The summed E-state index contributed by atoms with van der Waals surface area (Å²) in [4.78, 5) is 16.9. The maximum absolute atomic E-state index is 14.8. The van der Waals surface area contributed by atoms with Gasteiger partial charge in [0, 0.05) is 24.9 Å². The van der Waals surface area contributed by atoms with E-state index in [0.717, 1.165) is 5.69 Å². The smallest absolute Gasteiger partial charge is 0.232 e. The van der Waals surface area contributed by atoms with Gasteiger partial charge in [0.25, 0.3) is 0 Å². The average molecular weight is 425 g/mol. The molecule has 1 N–H and O–H groups in total. The molecule has 2 aromatic heterocycles. The van der Waals surface area contributed by atoms with Crippen LogP contribution in [-0.2, 0) is 16.4 Å². The highest BCUT2D eigenvalue weighted by Crippen LogP contribution is 2.28. The van der Waals surface area contributed by atoms with Crippen LogP contribution < -0.4 is 4.72 Å². The number of ketones is 1. The Morgan fingerprint density at radius 2 is 2.11 bits per heavy atom. The lowest BCUT2D eigenvalue weighted by Gasteiger charge is -2.12. The largest absolute Gasteiger partial charge is 0.294 e. The zero-order chi connectivity index (χ0) is 20.5. The Morgan fingerprint density at radius 3 is 2.82 bits per heavy atom. The van der Waals surface area contributed by atoms with E-state index in [1.807, 2.05) is 6.92 Å². The van der Waals surface area contributed by atoms with Crippen molar-refractivity contribution < 1.29 is 17.6 Å². The van der Waals surface area contributed by atoms with E-state index in [-0.39, 0.29) is 28.4 Å². The quantitative estimate of drug-likeness (QED) is 0.586. The van der Waals surface area contributed by atoms with Gasteiger partial charge in [-0.2, -0.15) is 5.10 Å². The van der Waals surface area contributed by atoms with Gasteiger partial charge in [-0.15, -0.1) is 0 Å². The minimum absolute atomic E-state index is 0.0927. The van der Waals surface area contributed by atoms with Crippen molar-refractivity contribution in [2.75, 3.05) is 10.5 Å². The lowest BCUT2D eigenvalue weighted by atomic mass is 10.0. The number of hydrogen-bond donors (Lipinski definition) is 1. The molecule has 0 saturated carbocycles. The predicted molar refractivity (Wildman–Crippen MR) is 105 cm³/mol. The average Bonchev–Trinajstić information content (AvgIpc) is 2.96. The van der Waals surface area contributed by atoms with Crippen molar-refractivity contribution in [3.05, 3.63) is 58.3 Å². The second-order valence-corrected chi connectivity index (χ2v) is 8.60. The van der Waals surface area contributed by atoms with Crippen LogP contribution in [0.2, 0.25) is 5.02 Å². The van der Waals surface area contributed by atoms with Crippen LogP contribution in [0.1, 0.15) is 35.0 Å². The molecule has 148 valence electrons. The molecule has 2 heterocycles. The molecule has 0 bridgehead atoms. The fourth-order valence-electron chi connectivity index (χ4n) is 2.77. The summed E-state index contributed by atoms with van der Waals surface area (Å²) in [5.74, 6) is -1.75. The van der Waals surface area contributed by atoms with Crippen LogP contribution in [-0.4, -0.2) is 34.6 Å². The van der Waals surface area contributed by atoms with Crippen molar-refractivity contribution in [1.29, 1.82) is 0 Å². The lowest BCUT2D eigenvalue weighted by Crippen LogP contribution is -2.18. The second-order valence-electron chi connectivity index (χ2n) is 6.36. The molecule has 0 unspecified atom stereocenters. The summed E-state index contributed by atoms with van der Waals surface area (Å²) in [7, 11) is -3.71. The van der Waals surface area contributed by atoms with Gasteiger partial charge in [-0.05, 0) is 31.0 Å². The van der Waals surface area contributed by atoms with Crippen molar-refractivity contribution in [3.63, 3.8) is 0 Å². The molecular formula is C18H18ClFN4O3S. The highest BCUT2D eigenvalue weighted by atomic mass is 35.5. The van der Waals surface area contributed by atoms with E-state index in [1.54, 1.807) is 19.2 Å². The number of hydrogen-bond acceptors (Lipinski definition) is 5. The Bertz CT molecular complexity index is 1160. The molecule has 0 aliphatic heterocycles. The van der Waals surface area contributed by atoms with Gasteiger partial charge < -0.3 is 0 Å². The molecule has 28 heavy (non-hydrogen) atoms. The summed E-state index contributed by atoms with van der Waals surface area (Å²) in [5, 5.41) is 4.13. The van der Waals surface area contributed by atoms with Gasteiger partial charge in [-0.25, -0.2) is 22.3 Å². The fourth-order valence-corrected chi connectivity index (χ4v) is 4.16. The molecule has 0 saturated heterocycles. The topological polar surface area (TPSA) is 93.4 Å². The maximum atomic E-state index is 14.8. The molecule has 0 atom stereocenters. The van der Waals surface area contributed by atoms with Gasteiger partial charge in [0.2, 0.25) is 10.0 Å². The number of anilines is 1. The third-order valence-electron chi connectivity index (χ3n) is 3.96. The van der Waals surface area contributed by atoms with Gasteiger partial charge in [-0.3, -0.25) is 9.52 Å². The van der Waals surface area contributed by atoms with Gasteiger partial charge in [0.05, 0.1) is 27.7 Å². The number of halogens is 2. The Hall–Kier alpha value is -2.52. The molecule has 7 nitrogen and oxygen atoms in total. The van der Waals surface area contributed by atoms with Crippen LogP contribution in [0.4, 0.5) is 10.1 Å². The van der Waals surface area contributed by atoms with Crippen LogP contribution in [0.3, 0.4) is 0 Å². The van der Waals surface area contributed by atoms with E-state index in [0.29, 0.717) is 17.6 Å². The van der Waals surface area contributed by atoms with Crippen LogP contribution in [0, 0.1) is 12.7 Å². The number of aryl methyl sites for hydroxylation is 1. The summed E-state index contributed by atoms with van der Waals surface area (Å²) in [6.45, 7) is 3.51. The lowest BCUT2D eigenvalue weighted by molar-refractivity contribution is 0.0989. The molecular weight excluding hydrogens is 407 g/mol. The number of nitrogens with zero attached hydrogens (tertiary/aromatic N) is 3. The Labute approximate surface area is 166 Å². The standard InChI is InChI=1S/C18H18ClFN4O3S/c1-3-6-28(26,27)23-14-5-4-13(19)17(18(14)20)15(25)8-12-9-21-16-7-11(2)22-24(16)10-12/h4-5,7,9-10,23H,3,6,8H2,1-2H3. The summed E-state index contributed by atoms with van der Waals surface area (Å²) in [5.41, 5.74) is 1.25.